The number of carbonyl (C=O) groups excluding carboxylic acids is 2. The molecular weight excluding hydrogens is 522 g/mol. The Balaban J connectivity index is 1.42. The molecule has 2 aliphatic heterocycles. The number of nitriles is 1. The van der Waals surface area contributed by atoms with Crippen molar-refractivity contribution in [2.45, 2.75) is 55.7 Å². The molecule has 1 fully saturated rings. The third kappa shape index (κ3) is 5.06. The number of hydrogen-bond acceptors (Lipinski definition) is 8. The van der Waals surface area contributed by atoms with Gasteiger partial charge in [0.05, 0.1) is 54.1 Å². The molecule has 39 heavy (non-hydrogen) atoms. The van der Waals surface area contributed by atoms with Crippen LogP contribution in [0.15, 0.2) is 24.3 Å². The molecule has 0 unspecified atom stereocenters. The molecule has 1 aromatic carbocycles. The zero-order valence-electron chi connectivity index (χ0n) is 22.2. The number of carbonyl (C=O) groups is 2. The second-order valence-corrected chi connectivity index (χ2v) is 14.0. The van der Waals surface area contributed by atoms with Gasteiger partial charge in [-0.15, -0.1) is 0 Å². The largest absolute Gasteiger partial charge is 0.377 e. The normalized spacial score (nSPS) is 21.9. The van der Waals surface area contributed by atoms with E-state index in [1.54, 1.807) is 43.0 Å². The Bertz CT molecular complexity index is 1420. The Labute approximate surface area is 228 Å². The number of nitrogens with zero attached hydrogens (tertiary/aromatic N) is 4. The summed E-state index contributed by atoms with van der Waals surface area (Å²) in [4.78, 5) is 28.5. The van der Waals surface area contributed by atoms with Crippen LogP contribution in [0.3, 0.4) is 0 Å². The van der Waals surface area contributed by atoms with Gasteiger partial charge in [0.15, 0.2) is 15.5 Å². The summed E-state index contributed by atoms with van der Waals surface area (Å²) in [7, 11) is -3.62. The van der Waals surface area contributed by atoms with E-state index in [1.165, 1.54) is 4.68 Å². The monoisotopic (exact) mass is 555 g/mol. The number of rotatable bonds is 3. The smallest absolute Gasteiger partial charge is 0.272 e. The highest BCUT2D eigenvalue weighted by molar-refractivity contribution is 7.94. The molecular formula is C27H33N5O6S. The van der Waals surface area contributed by atoms with Gasteiger partial charge < -0.3 is 19.7 Å². The van der Waals surface area contributed by atoms with E-state index in [-0.39, 0.29) is 57.7 Å². The van der Waals surface area contributed by atoms with Crippen LogP contribution in [0, 0.1) is 11.3 Å². The lowest BCUT2D eigenvalue weighted by molar-refractivity contribution is 0.0373. The summed E-state index contributed by atoms with van der Waals surface area (Å²) in [6.07, 6.45) is 1.39. The molecule has 1 saturated carbocycles. The lowest BCUT2D eigenvalue weighted by atomic mass is 10.0. The molecule has 3 heterocycles. The van der Waals surface area contributed by atoms with Crippen LogP contribution in [-0.4, -0.2) is 83.9 Å². The zero-order chi connectivity index (χ0) is 27.8. The van der Waals surface area contributed by atoms with Crippen molar-refractivity contribution < 1.29 is 27.5 Å². The summed E-state index contributed by atoms with van der Waals surface area (Å²) in [5.41, 5.74) is 2.42. The van der Waals surface area contributed by atoms with E-state index in [1.807, 2.05) is 0 Å². The Morgan fingerprint density at radius 1 is 1.13 bits per heavy atom. The van der Waals surface area contributed by atoms with Gasteiger partial charge in [0.25, 0.3) is 11.8 Å². The number of sulfone groups is 1. The first-order valence-electron chi connectivity index (χ1n) is 13.1. The van der Waals surface area contributed by atoms with Crippen LogP contribution in [0.25, 0.3) is 0 Å². The maximum atomic E-state index is 13.8. The number of benzene rings is 1. The molecule has 1 aromatic heterocycles. The van der Waals surface area contributed by atoms with Crippen LogP contribution in [-0.2, 0) is 38.8 Å². The maximum absolute atomic E-state index is 13.8. The van der Waals surface area contributed by atoms with Gasteiger partial charge in [-0.05, 0) is 50.8 Å². The molecule has 2 aromatic rings. The Hall–Kier alpha value is -3.27. The average molecular weight is 556 g/mol. The highest BCUT2D eigenvalue weighted by Crippen LogP contribution is 2.49. The van der Waals surface area contributed by atoms with E-state index in [4.69, 9.17) is 14.7 Å². The SMILES string of the molecule is CC1(C)COCCOCCn2nc(C(=O)NCc3ccc(C#N)cc3)c3c2C(=O)N(CC3)CC2(CC2)S1(=O)=O. The first-order valence-corrected chi connectivity index (χ1v) is 14.6. The van der Waals surface area contributed by atoms with Gasteiger partial charge in [-0.3, -0.25) is 14.3 Å². The lowest BCUT2D eigenvalue weighted by Crippen LogP contribution is -2.52. The van der Waals surface area contributed by atoms with E-state index >= 15 is 0 Å². The van der Waals surface area contributed by atoms with Crippen molar-refractivity contribution >= 4 is 21.7 Å². The summed E-state index contributed by atoms with van der Waals surface area (Å²) in [5.74, 6) is -0.720. The van der Waals surface area contributed by atoms with Crippen molar-refractivity contribution in [1.29, 1.82) is 5.26 Å². The lowest BCUT2D eigenvalue weighted by Gasteiger charge is -2.35. The van der Waals surface area contributed by atoms with Crippen molar-refractivity contribution in [2.75, 3.05) is 39.5 Å². The number of fused-ring (bicyclic) bond motifs is 1. The fourth-order valence-electron chi connectivity index (χ4n) is 5.28. The number of aromatic nitrogens is 2. The van der Waals surface area contributed by atoms with Gasteiger partial charge >= 0.3 is 0 Å². The predicted molar refractivity (Wildman–Crippen MR) is 141 cm³/mol. The van der Waals surface area contributed by atoms with E-state index < -0.39 is 25.2 Å². The van der Waals surface area contributed by atoms with Gasteiger partial charge in [-0.2, -0.15) is 10.4 Å². The highest BCUT2D eigenvalue weighted by atomic mass is 32.2. The molecule has 11 nitrogen and oxygen atoms in total. The molecule has 2 amide bonds. The minimum Gasteiger partial charge on any atom is -0.377 e. The predicted octanol–water partition coefficient (Wildman–Crippen LogP) is 1.46. The standard InChI is InChI=1S/C27H33N5O6S/c1-26(2)18-38-14-13-37-12-11-32-23-21(7-10-31(25(23)34)17-27(8-9-27)39(26,35)36)22(30-32)24(33)29-16-20-5-3-19(15-28)4-6-20/h3-6H,7-14,16-18H2,1-2H3,(H,29,33). The summed E-state index contributed by atoms with van der Waals surface area (Å²) >= 11 is 0. The van der Waals surface area contributed by atoms with Gasteiger partial charge in [0.1, 0.15) is 5.69 Å². The molecule has 2 bridgehead atoms. The molecule has 1 aliphatic carbocycles. The summed E-state index contributed by atoms with van der Waals surface area (Å²) in [6, 6.07) is 8.97. The highest BCUT2D eigenvalue weighted by Gasteiger charge is 2.61. The number of amides is 2. The summed E-state index contributed by atoms with van der Waals surface area (Å²) < 4.78 is 38.1. The minimum atomic E-state index is -3.62. The number of ether oxygens (including phenoxy) is 2. The van der Waals surface area contributed by atoms with Gasteiger partial charge in [0.2, 0.25) is 0 Å². The fourth-order valence-corrected chi connectivity index (χ4v) is 7.66. The van der Waals surface area contributed by atoms with E-state index in [0.717, 1.165) is 5.56 Å². The maximum Gasteiger partial charge on any atom is 0.272 e. The van der Waals surface area contributed by atoms with Crippen molar-refractivity contribution in [2.24, 2.45) is 0 Å². The third-order valence-corrected chi connectivity index (χ3v) is 11.0. The third-order valence-electron chi connectivity index (χ3n) is 7.78. The van der Waals surface area contributed by atoms with Crippen molar-refractivity contribution in [3.8, 4) is 6.07 Å². The molecule has 208 valence electrons. The first-order chi connectivity index (χ1) is 18.6. The fraction of sp³-hybridized carbons (Fsp3) is 0.556. The molecule has 1 spiro atoms. The van der Waals surface area contributed by atoms with Gasteiger partial charge in [-0.25, -0.2) is 8.42 Å². The summed E-state index contributed by atoms with van der Waals surface area (Å²) in [5, 5.41) is 16.4. The van der Waals surface area contributed by atoms with E-state index in [2.05, 4.69) is 16.5 Å². The molecule has 3 aliphatic rings. The second kappa shape index (κ2) is 10.4. The molecule has 5 rings (SSSR count). The van der Waals surface area contributed by atoms with Crippen LogP contribution in [0.4, 0.5) is 0 Å². The zero-order valence-corrected chi connectivity index (χ0v) is 23.1. The topological polar surface area (TPSA) is 144 Å². The van der Waals surface area contributed by atoms with Crippen LogP contribution in [0.5, 0.6) is 0 Å². The van der Waals surface area contributed by atoms with Crippen LogP contribution in [0.1, 0.15) is 64.4 Å². The second-order valence-electron chi connectivity index (χ2n) is 11.0. The minimum absolute atomic E-state index is 0.0566. The molecule has 12 heteroatoms. The van der Waals surface area contributed by atoms with Crippen molar-refractivity contribution in [3.63, 3.8) is 0 Å². The van der Waals surface area contributed by atoms with Crippen LogP contribution < -0.4 is 5.32 Å². The summed E-state index contributed by atoms with van der Waals surface area (Å²) in [6.45, 7) is 5.09. The Morgan fingerprint density at radius 2 is 1.85 bits per heavy atom. The Kier molecular flexibility index (Phi) is 7.26. The number of hydrogen-bond donors (Lipinski definition) is 1. The van der Waals surface area contributed by atoms with Crippen molar-refractivity contribution in [1.82, 2.24) is 20.0 Å². The molecule has 0 atom stereocenters. The van der Waals surface area contributed by atoms with Crippen molar-refractivity contribution in [3.05, 3.63) is 52.3 Å². The molecule has 0 radical (unpaired) electrons. The average Bonchev–Trinajstić information content (AvgIpc) is 3.62. The molecule has 1 N–H and O–H groups in total. The van der Waals surface area contributed by atoms with Gasteiger partial charge in [0, 0.05) is 25.2 Å². The molecule has 0 saturated heterocycles. The van der Waals surface area contributed by atoms with E-state index in [9.17, 15) is 18.0 Å². The van der Waals surface area contributed by atoms with Gasteiger partial charge in [-0.1, -0.05) is 12.1 Å². The van der Waals surface area contributed by atoms with E-state index in [0.29, 0.717) is 42.6 Å². The first kappa shape index (κ1) is 27.3. The Morgan fingerprint density at radius 3 is 2.54 bits per heavy atom. The van der Waals surface area contributed by atoms with Crippen LogP contribution in [0.2, 0.25) is 0 Å². The quantitative estimate of drug-likeness (QED) is 0.600. The number of nitrogens with one attached hydrogen (secondary N) is 1. The van der Waals surface area contributed by atoms with Crippen LogP contribution >= 0.6 is 0 Å².